The maximum atomic E-state index is 10.8. The molecule has 1 amide bonds. The zero-order valence-electron chi connectivity index (χ0n) is 8.97. The van der Waals surface area contributed by atoms with E-state index in [0.717, 1.165) is 25.3 Å². The molecule has 0 radical (unpaired) electrons. The second kappa shape index (κ2) is 6.89. The van der Waals surface area contributed by atoms with Crippen molar-refractivity contribution in [2.45, 2.75) is 46.1 Å². The number of rotatable bonds is 7. The molecule has 1 unspecified atom stereocenters. The lowest BCUT2D eigenvalue weighted by Gasteiger charge is -2.13. The molecule has 0 saturated heterocycles. The molecular formula is C10H22N2O. The van der Waals surface area contributed by atoms with Crippen molar-refractivity contribution in [3.8, 4) is 0 Å². The predicted molar refractivity (Wildman–Crippen MR) is 55.3 cm³/mol. The second-order valence-corrected chi connectivity index (χ2v) is 3.85. The van der Waals surface area contributed by atoms with Gasteiger partial charge in [-0.3, -0.25) is 4.79 Å². The van der Waals surface area contributed by atoms with E-state index in [-0.39, 0.29) is 11.9 Å². The first-order chi connectivity index (χ1) is 6.07. The molecule has 0 fully saturated rings. The van der Waals surface area contributed by atoms with Crippen LogP contribution in [0.5, 0.6) is 0 Å². The Morgan fingerprint density at radius 3 is 2.46 bits per heavy atom. The van der Waals surface area contributed by atoms with Gasteiger partial charge in [0.1, 0.15) is 0 Å². The molecule has 78 valence electrons. The highest BCUT2D eigenvalue weighted by atomic mass is 16.1. The summed E-state index contributed by atoms with van der Waals surface area (Å²) in [5, 5.41) is 3.15. The Balaban J connectivity index is 3.44. The van der Waals surface area contributed by atoms with Gasteiger partial charge in [-0.1, -0.05) is 20.8 Å². The molecule has 0 heterocycles. The van der Waals surface area contributed by atoms with Gasteiger partial charge in [-0.2, -0.15) is 0 Å². The van der Waals surface area contributed by atoms with Crippen LogP contribution in [0.4, 0.5) is 0 Å². The van der Waals surface area contributed by atoms with Crippen LogP contribution >= 0.6 is 0 Å². The quantitative estimate of drug-likeness (QED) is 0.588. The molecule has 0 aliphatic carbocycles. The number of hydrogen-bond acceptors (Lipinski definition) is 2. The van der Waals surface area contributed by atoms with Crippen LogP contribution in [-0.2, 0) is 4.79 Å². The van der Waals surface area contributed by atoms with Gasteiger partial charge in [-0.05, 0) is 31.7 Å². The van der Waals surface area contributed by atoms with E-state index in [1.54, 1.807) is 0 Å². The first-order valence-electron chi connectivity index (χ1n) is 5.10. The molecule has 3 heteroatoms. The third-order valence-corrected chi connectivity index (χ3v) is 2.10. The molecule has 0 saturated carbocycles. The minimum atomic E-state index is -0.243. The number of primary amides is 1. The van der Waals surface area contributed by atoms with E-state index in [4.69, 9.17) is 5.73 Å². The summed E-state index contributed by atoms with van der Waals surface area (Å²) in [5.41, 5.74) is 5.19. The molecule has 3 N–H and O–H groups in total. The van der Waals surface area contributed by atoms with Crippen LogP contribution in [0.15, 0.2) is 0 Å². The van der Waals surface area contributed by atoms with E-state index in [2.05, 4.69) is 19.2 Å². The van der Waals surface area contributed by atoms with Gasteiger partial charge in [0.05, 0.1) is 6.04 Å². The zero-order valence-corrected chi connectivity index (χ0v) is 8.97. The summed E-state index contributed by atoms with van der Waals surface area (Å²) in [7, 11) is 0. The number of amides is 1. The first-order valence-corrected chi connectivity index (χ1v) is 5.10. The van der Waals surface area contributed by atoms with Crippen LogP contribution in [0.1, 0.15) is 40.0 Å². The Morgan fingerprint density at radius 2 is 2.08 bits per heavy atom. The molecule has 0 aromatic rings. The molecule has 0 aliphatic heterocycles. The van der Waals surface area contributed by atoms with Gasteiger partial charge in [0.15, 0.2) is 0 Å². The van der Waals surface area contributed by atoms with Crippen molar-refractivity contribution in [2.75, 3.05) is 6.54 Å². The molecular weight excluding hydrogens is 164 g/mol. The normalized spacial score (nSPS) is 13.2. The van der Waals surface area contributed by atoms with Crippen molar-refractivity contribution in [2.24, 2.45) is 11.7 Å². The first kappa shape index (κ1) is 12.4. The molecule has 3 nitrogen and oxygen atoms in total. The van der Waals surface area contributed by atoms with Crippen LogP contribution < -0.4 is 11.1 Å². The summed E-state index contributed by atoms with van der Waals surface area (Å²) < 4.78 is 0. The Morgan fingerprint density at radius 1 is 1.46 bits per heavy atom. The average molecular weight is 186 g/mol. The molecule has 13 heavy (non-hydrogen) atoms. The number of carbonyl (C=O) groups excluding carboxylic acids is 1. The minimum absolute atomic E-state index is 0.146. The Labute approximate surface area is 81.1 Å². The van der Waals surface area contributed by atoms with Crippen LogP contribution in [0.2, 0.25) is 0 Å². The summed E-state index contributed by atoms with van der Waals surface area (Å²) in [4.78, 5) is 10.8. The molecule has 0 bridgehead atoms. The largest absolute Gasteiger partial charge is 0.368 e. The maximum absolute atomic E-state index is 10.8. The van der Waals surface area contributed by atoms with Crippen LogP contribution in [0, 0.1) is 5.92 Å². The van der Waals surface area contributed by atoms with Gasteiger partial charge < -0.3 is 11.1 Å². The zero-order chi connectivity index (χ0) is 10.3. The van der Waals surface area contributed by atoms with E-state index < -0.39 is 0 Å². The third kappa shape index (κ3) is 6.58. The van der Waals surface area contributed by atoms with Crippen LogP contribution in [-0.4, -0.2) is 18.5 Å². The molecule has 0 aromatic carbocycles. The summed E-state index contributed by atoms with van der Waals surface area (Å²) in [6.07, 6.45) is 3.08. The Hall–Kier alpha value is -0.570. The Bertz CT molecular complexity index is 146. The number of carbonyl (C=O) groups is 1. The Kier molecular flexibility index (Phi) is 6.59. The lowest BCUT2D eigenvalue weighted by atomic mass is 10.1. The van der Waals surface area contributed by atoms with E-state index in [1.165, 1.54) is 6.42 Å². The highest BCUT2D eigenvalue weighted by Gasteiger charge is 2.10. The van der Waals surface area contributed by atoms with Gasteiger partial charge in [0.2, 0.25) is 5.91 Å². The lowest BCUT2D eigenvalue weighted by molar-refractivity contribution is -0.120. The standard InChI is InChI=1S/C10H22N2O/c1-4-9(10(11)13)12-7-5-6-8(2)3/h8-9,12H,4-7H2,1-3H3,(H2,11,13). The van der Waals surface area contributed by atoms with Crippen molar-refractivity contribution < 1.29 is 4.79 Å². The lowest BCUT2D eigenvalue weighted by Crippen LogP contribution is -2.41. The fourth-order valence-electron chi connectivity index (χ4n) is 1.23. The highest BCUT2D eigenvalue weighted by molar-refractivity contribution is 5.79. The molecule has 0 aromatic heterocycles. The third-order valence-electron chi connectivity index (χ3n) is 2.10. The van der Waals surface area contributed by atoms with Crippen LogP contribution in [0.3, 0.4) is 0 Å². The minimum Gasteiger partial charge on any atom is -0.368 e. The SMILES string of the molecule is CCC(NCCCC(C)C)C(N)=O. The van der Waals surface area contributed by atoms with Crippen molar-refractivity contribution in [1.29, 1.82) is 0 Å². The van der Waals surface area contributed by atoms with E-state index >= 15 is 0 Å². The monoisotopic (exact) mass is 186 g/mol. The molecule has 0 aliphatic rings. The summed E-state index contributed by atoms with van der Waals surface area (Å²) in [6, 6.07) is -0.146. The topological polar surface area (TPSA) is 55.1 Å². The van der Waals surface area contributed by atoms with Gasteiger partial charge in [-0.25, -0.2) is 0 Å². The maximum Gasteiger partial charge on any atom is 0.234 e. The smallest absolute Gasteiger partial charge is 0.234 e. The highest BCUT2D eigenvalue weighted by Crippen LogP contribution is 2.02. The van der Waals surface area contributed by atoms with Gasteiger partial charge in [0.25, 0.3) is 0 Å². The van der Waals surface area contributed by atoms with E-state index in [1.807, 2.05) is 6.92 Å². The van der Waals surface area contributed by atoms with Crippen molar-refractivity contribution >= 4 is 5.91 Å². The second-order valence-electron chi connectivity index (χ2n) is 3.85. The number of hydrogen-bond donors (Lipinski definition) is 2. The molecule has 0 rings (SSSR count). The summed E-state index contributed by atoms with van der Waals surface area (Å²) in [6.45, 7) is 7.25. The predicted octanol–water partition coefficient (Wildman–Crippen LogP) is 1.28. The average Bonchev–Trinajstić information content (AvgIpc) is 2.03. The van der Waals surface area contributed by atoms with Crippen molar-refractivity contribution in [1.82, 2.24) is 5.32 Å². The summed E-state index contributed by atoms with van der Waals surface area (Å²) >= 11 is 0. The number of nitrogens with two attached hydrogens (primary N) is 1. The van der Waals surface area contributed by atoms with Crippen molar-refractivity contribution in [3.05, 3.63) is 0 Å². The van der Waals surface area contributed by atoms with Gasteiger partial charge >= 0.3 is 0 Å². The fraction of sp³-hybridized carbons (Fsp3) is 0.900. The molecule has 0 spiro atoms. The van der Waals surface area contributed by atoms with E-state index in [0.29, 0.717) is 0 Å². The van der Waals surface area contributed by atoms with Gasteiger partial charge in [0, 0.05) is 0 Å². The number of nitrogens with one attached hydrogen (secondary N) is 1. The van der Waals surface area contributed by atoms with Gasteiger partial charge in [-0.15, -0.1) is 0 Å². The fourth-order valence-corrected chi connectivity index (χ4v) is 1.23. The van der Waals surface area contributed by atoms with Crippen LogP contribution in [0.25, 0.3) is 0 Å². The molecule has 1 atom stereocenters. The summed E-state index contributed by atoms with van der Waals surface area (Å²) in [5.74, 6) is 0.488. The van der Waals surface area contributed by atoms with E-state index in [9.17, 15) is 4.79 Å². The van der Waals surface area contributed by atoms with Crippen molar-refractivity contribution in [3.63, 3.8) is 0 Å².